The van der Waals surface area contributed by atoms with Gasteiger partial charge in [-0.1, -0.05) is 25.3 Å². The van der Waals surface area contributed by atoms with Crippen molar-refractivity contribution in [2.45, 2.75) is 57.0 Å². The van der Waals surface area contributed by atoms with Crippen LogP contribution in [0.5, 0.6) is 0 Å². The molecule has 0 bridgehead atoms. The van der Waals surface area contributed by atoms with Gasteiger partial charge < -0.3 is 20.5 Å². The Labute approximate surface area is 179 Å². The highest BCUT2D eigenvalue weighted by molar-refractivity contribution is 7.10. The number of ether oxygens (including phenoxy) is 1. The predicted octanol–water partition coefficient (Wildman–Crippen LogP) is 2.59. The fourth-order valence-corrected chi connectivity index (χ4v) is 5.44. The van der Waals surface area contributed by atoms with E-state index in [1.807, 2.05) is 18.3 Å². The topological polar surface area (TPSA) is 69.1 Å². The Morgan fingerprint density at radius 1 is 1.28 bits per heavy atom. The van der Waals surface area contributed by atoms with E-state index in [1.54, 1.807) is 0 Å². The number of aliphatic hydroxyl groups is 1. The number of nitrogens with zero attached hydrogens (tertiary/aromatic N) is 2. The lowest BCUT2D eigenvalue weighted by atomic mass is 9.73. The summed E-state index contributed by atoms with van der Waals surface area (Å²) in [5, 5.41) is 20.0. The predicted molar refractivity (Wildman–Crippen MR) is 121 cm³/mol. The van der Waals surface area contributed by atoms with Crippen LogP contribution in [-0.4, -0.2) is 74.0 Å². The third-order valence-corrected chi connectivity index (χ3v) is 7.15. The molecular formula is C22H38N4O2S. The molecule has 0 amide bonds. The van der Waals surface area contributed by atoms with Crippen LogP contribution in [-0.2, 0) is 10.2 Å². The third kappa shape index (κ3) is 6.67. The second kappa shape index (κ2) is 10.8. The van der Waals surface area contributed by atoms with Gasteiger partial charge in [0.2, 0.25) is 0 Å². The number of rotatable bonds is 8. The molecule has 7 heteroatoms. The van der Waals surface area contributed by atoms with Gasteiger partial charge in [0.1, 0.15) is 0 Å². The molecule has 2 fully saturated rings. The second-order valence-corrected chi connectivity index (χ2v) is 9.70. The van der Waals surface area contributed by atoms with Crippen LogP contribution in [0.4, 0.5) is 0 Å². The van der Waals surface area contributed by atoms with Gasteiger partial charge in [0.15, 0.2) is 5.96 Å². The van der Waals surface area contributed by atoms with Gasteiger partial charge in [-0.15, -0.1) is 11.3 Å². The van der Waals surface area contributed by atoms with Crippen LogP contribution in [0.1, 0.15) is 50.8 Å². The lowest BCUT2D eigenvalue weighted by Gasteiger charge is -2.37. The highest BCUT2D eigenvalue weighted by atomic mass is 32.1. The molecule has 2 heterocycles. The Bertz CT molecular complexity index is 621. The Morgan fingerprint density at radius 2 is 2.03 bits per heavy atom. The minimum Gasteiger partial charge on any atom is -0.387 e. The zero-order chi connectivity index (χ0) is 20.6. The van der Waals surface area contributed by atoms with E-state index in [4.69, 9.17) is 9.73 Å². The quantitative estimate of drug-likeness (QED) is 0.444. The van der Waals surface area contributed by atoms with Crippen LogP contribution >= 0.6 is 11.3 Å². The summed E-state index contributed by atoms with van der Waals surface area (Å²) in [6.07, 6.45) is 6.39. The van der Waals surface area contributed by atoms with Gasteiger partial charge in [-0.3, -0.25) is 9.89 Å². The van der Waals surface area contributed by atoms with Gasteiger partial charge in [-0.05, 0) is 38.1 Å². The largest absolute Gasteiger partial charge is 0.387 e. The molecule has 6 nitrogen and oxygen atoms in total. The molecule has 0 aromatic carbocycles. The van der Waals surface area contributed by atoms with E-state index in [1.165, 1.54) is 37.0 Å². The molecule has 1 aromatic rings. The zero-order valence-electron chi connectivity index (χ0n) is 18.1. The summed E-state index contributed by atoms with van der Waals surface area (Å²) in [5.41, 5.74) is -0.644. The molecule has 3 rings (SSSR count). The van der Waals surface area contributed by atoms with Crippen LogP contribution in [0.15, 0.2) is 22.5 Å². The number of β-amino-alcohol motifs (C(OH)–C–C–N with tert-alkyl or cyclic N) is 1. The standard InChI is InChI=1S/C22H38N4O2S/c1-3-23-20(24-16-21(2,27)18-26-11-13-28-14-12-26)25-17-22(9-5-4-6-10-22)19-8-7-15-29-19/h7-8,15,27H,3-6,9-14,16-18H2,1-2H3,(H2,23,24,25). The van der Waals surface area contributed by atoms with Crippen molar-refractivity contribution in [1.82, 2.24) is 15.5 Å². The van der Waals surface area contributed by atoms with Crippen molar-refractivity contribution in [3.63, 3.8) is 0 Å². The maximum atomic E-state index is 10.9. The molecule has 1 aromatic heterocycles. The summed E-state index contributed by atoms with van der Waals surface area (Å²) in [5.74, 6) is 0.802. The lowest BCUT2D eigenvalue weighted by Crippen LogP contribution is -2.49. The molecular weight excluding hydrogens is 384 g/mol. The number of nitrogens with one attached hydrogen (secondary N) is 2. The van der Waals surface area contributed by atoms with E-state index < -0.39 is 5.60 Å². The first-order valence-corrected chi connectivity index (χ1v) is 12.0. The molecule has 1 aliphatic heterocycles. The maximum absolute atomic E-state index is 10.9. The van der Waals surface area contributed by atoms with Gasteiger partial charge in [0.05, 0.1) is 25.4 Å². The lowest BCUT2D eigenvalue weighted by molar-refractivity contribution is -0.0180. The van der Waals surface area contributed by atoms with Crippen LogP contribution in [0.3, 0.4) is 0 Å². The van der Waals surface area contributed by atoms with Crippen LogP contribution in [0.2, 0.25) is 0 Å². The van der Waals surface area contributed by atoms with Gasteiger partial charge in [-0.25, -0.2) is 0 Å². The maximum Gasteiger partial charge on any atom is 0.191 e. The highest BCUT2D eigenvalue weighted by Crippen LogP contribution is 2.41. The van der Waals surface area contributed by atoms with Crippen LogP contribution in [0, 0.1) is 0 Å². The van der Waals surface area contributed by atoms with E-state index in [0.29, 0.717) is 13.1 Å². The van der Waals surface area contributed by atoms with E-state index >= 15 is 0 Å². The number of morpholine rings is 1. The normalized spacial score (nSPS) is 22.8. The summed E-state index contributed by atoms with van der Waals surface area (Å²) in [7, 11) is 0. The average Bonchev–Trinajstić information content (AvgIpc) is 3.27. The first kappa shape index (κ1) is 22.5. The van der Waals surface area contributed by atoms with Crippen molar-refractivity contribution >= 4 is 17.3 Å². The summed E-state index contributed by atoms with van der Waals surface area (Å²) < 4.78 is 5.40. The summed E-state index contributed by atoms with van der Waals surface area (Å²) in [6, 6.07) is 4.45. The van der Waals surface area contributed by atoms with E-state index in [2.05, 4.69) is 40.0 Å². The van der Waals surface area contributed by atoms with Gasteiger partial charge in [0.25, 0.3) is 0 Å². The third-order valence-electron chi connectivity index (χ3n) is 6.04. The van der Waals surface area contributed by atoms with E-state index in [-0.39, 0.29) is 5.41 Å². The number of guanidine groups is 1. The summed E-state index contributed by atoms with van der Waals surface area (Å²) in [4.78, 5) is 8.48. The van der Waals surface area contributed by atoms with Crippen molar-refractivity contribution in [1.29, 1.82) is 0 Å². The van der Waals surface area contributed by atoms with Crippen LogP contribution < -0.4 is 10.6 Å². The fraction of sp³-hybridized carbons (Fsp3) is 0.773. The molecule has 0 radical (unpaired) electrons. The van der Waals surface area contributed by atoms with Crippen molar-refractivity contribution in [2.24, 2.45) is 4.99 Å². The SMILES string of the molecule is CCNC(=NCC(C)(O)CN1CCOCC1)NCC1(c2cccs2)CCCCC1. The fourth-order valence-electron chi connectivity index (χ4n) is 4.45. The molecule has 1 atom stereocenters. The zero-order valence-corrected chi connectivity index (χ0v) is 18.9. The van der Waals surface area contributed by atoms with Crippen molar-refractivity contribution < 1.29 is 9.84 Å². The second-order valence-electron chi connectivity index (χ2n) is 8.75. The minimum atomic E-state index is -0.851. The minimum absolute atomic E-state index is 0.207. The molecule has 3 N–H and O–H groups in total. The van der Waals surface area contributed by atoms with Gasteiger partial charge in [-0.2, -0.15) is 0 Å². The molecule has 1 aliphatic carbocycles. The first-order chi connectivity index (χ1) is 14.0. The van der Waals surface area contributed by atoms with E-state index in [0.717, 1.165) is 45.4 Å². The summed E-state index contributed by atoms with van der Waals surface area (Å²) in [6.45, 7) is 9.91. The molecule has 1 unspecified atom stereocenters. The van der Waals surface area contributed by atoms with Crippen molar-refractivity contribution in [3.05, 3.63) is 22.4 Å². The van der Waals surface area contributed by atoms with Crippen molar-refractivity contribution in [3.8, 4) is 0 Å². The van der Waals surface area contributed by atoms with Crippen LogP contribution in [0.25, 0.3) is 0 Å². The molecule has 0 spiro atoms. The number of aliphatic imine (C=N–C) groups is 1. The van der Waals surface area contributed by atoms with Gasteiger partial charge in [0, 0.05) is 43.0 Å². The van der Waals surface area contributed by atoms with Crippen molar-refractivity contribution in [2.75, 3.05) is 52.5 Å². The molecule has 164 valence electrons. The Balaban J connectivity index is 1.60. The number of hydrogen-bond donors (Lipinski definition) is 3. The van der Waals surface area contributed by atoms with E-state index in [9.17, 15) is 5.11 Å². The van der Waals surface area contributed by atoms with Gasteiger partial charge >= 0.3 is 0 Å². The Morgan fingerprint density at radius 3 is 2.69 bits per heavy atom. The highest BCUT2D eigenvalue weighted by Gasteiger charge is 2.35. The molecule has 2 aliphatic rings. The molecule has 1 saturated heterocycles. The molecule has 29 heavy (non-hydrogen) atoms. The first-order valence-electron chi connectivity index (χ1n) is 11.1. The monoisotopic (exact) mass is 422 g/mol. The smallest absolute Gasteiger partial charge is 0.191 e. The molecule has 1 saturated carbocycles. The number of hydrogen-bond acceptors (Lipinski definition) is 5. The average molecular weight is 423 g/mol. The number of thiophene rings is 1. The summed E-state index contributed by atoms with van der Waals surface area (Å²) >= 11 is 1.87. The Kier molecular flexibility index (Phi) is 8.35. The Hall–Kier alpha value is -1.15.